The van der Waals surface area contributed by atoms with Gasteiger partial charge in [-0.2, -0.15) is 0 Å². The third-order valence-electron chi connectivity index (χ3n) is 5.46. The van der Waals surface area contributed by atoms with Gasteiger partial charge in [0.2, 0.25) is 0 Å². The maximum Gasteiger partial charge on any atom is 0.145 e. The van der Waals surface area contributed by atoms with Gasteiger partial charge >= 0.3 is 0 Å². The largest absolute Gasteiger partial charge is 0.390 e. The predicted molar refractivity (Wildman–Crippen MR) is 79.4 cm³/mol. The SMILES string of the molecule is OC1(Cc2cccc(Cl)c2F)CCC2(CCCC2)CC1. The molecule has 0 amide bonds. The van der Waals surface area contributed by atoms with Crippen LogP contribution in [0.5, 0.6) is 0 Å². The molecule has 0 unspecified atom stereocenters. The predicted octanol–water partition coefficient (Wildman–Crippen LogP) is 4.89. The molecule has 1 nitrogen and oxygen atoms in total. The Balaban J connectivity index is 1.70. The van der Waals surface area contributed by atoms with Crippen LogP contribution in [0.3, 0.4) is 0 Å². The van der Waals surface area contributed by atoms with Crippen molar-refractivity contribution in [2.75, 3.05) is 0 Å². The first-order valence-electron chi connectivity index (χ1n) is 7.67. The Bertz CT molecular complexity index is 484. The van der Waals surface area contributed by atoms with Crippen LogP contribution in [0.25, 0.3) is 0 Å². The standard InChI is InChI=1S/C17H22ClFO/c18-14-5-3-4-13(15(14)19)12-17(20)10-8-16(9-11-17)6-1-2-7-16/h3-5,20H,1-2,6-12H2. The Morgan fingerprint density at radius 1 is 1.05 bits per heavy atom. The topological polar surface area (TPSA) is 20.2 Å². The summed E-state index contributed by atoms with van der Waals surface area (Å²) >= 11 is 5.82. The second-order valence-corrected chi connectivity index (χ2v) is 7.23. The van der Waals surface area contributed by atoms with E-state index in [1.165, 1.54) is 25.7 Å². The first-order valence-corrected chi connectivity index (χ1v) is 8.05. The Kier molecular flexibility index (Phi) is 3.81. The highest BCUT2D eigenvalue weighted by Gasteiger charge is 2.43. The van der Waals surface area contributed by atoms with E-state index in [1.54, 1.807) is 18.2 Å². The molecule has 110 valence electrons. The smallest absolute Gasteiger partial charge is 0.145 e. The maximum absolute atomic E-state index is 14.0. The molecule has 2 aliphatic rings. The van der Waals surface area contributed by atoms with E-state index in [0.717, 1.165) is 25.7 Å². The molecule has 3 rings (SSSR count). The van der Waals surface area contributed by atoms with Crippen LogP contribution in [0.2, 0.25) is 5.02 Å². The minimum absolute atomic E-state index is 0.147. The molecule has 0 aromatic heterocycles. The Morgan fingerprint density at radius 2 is 1.70 bits per heavy atom. The van der Waals surface area contributed by atoms with Gasteiger partial charge in [0.15, 0.2) is 0 Å². The average molecular weight is 297 g/mol. The van der Waals surface area contributed by atoms with Gasteiger partial charge in [-0.05, 0) is 55.6 Å². The van der Waals surface area contributed by atoms with Gasteiger partial charge in [-0.3, -0.25) is 0 Å². The first kappa shape index (κ1) is 14.3. The van der Waals surface area contributed by atoms with Gasteiger partial charge < -0.3 is 5.11 Å². The van der Waals surface area contributed by atoms with E-state index >= 15 is 0 Å². The van der Waals surface area contributed by atoms with Gasteiger partial charge in [-0.25, -0.2) is 4.39 Å². The second-order valence-electron chi connectivity index (χ2n) is 6.82. The molecule has 0 atom stereocenters. The summed E-state index contributed by atoms with van der Waals surface area (Å²) in [4.78, 5) is 0. The molecule has 0 radical (unpaired) electrons. The van der Waals surface area contributed by atoms with Crippen molar-refractivity contribution in [2.45, 2.75) is 63.4 Å². The fourth-order valence-electron chi connectivity index (χ4n) is 4.09. The van der Waals surface area contributed by atoms with Crippen molar-refractivity contribution >= 4 is 11.6 Å². The zero-order valence-electron chi connectivity index (χ0n) is 11.8. The molecule has 20 heavy (non-hydrogen) atoms. The Labute approximate surface area is 125 Å². The summed E-state index contributed by atoms with van der Waals surface area (Å²) in [6.07, 6.45) is 9.44. The minimum Gasteiger partial charge on any atom is -0.390 e. The van der Waals surface area contributed by atoms with E-state index in [9.17, 15) is 9.50 Å². The molecule has 3 heteroatoms. The summed E-state index contributed by atoms with van der Waals surface area (Å²) in [5, 5.41) is 10.9. The summed E-state index contributed by atoms with van der Waals surface area (Å²) in [6, 6.07) is 5.04. The normalized spacial score (nSPS) is 24.1. The van der Waals surface area contributed by atoms with Crippen LogP contribution in [-0.2, 0) is 6.42 Å². The van der Waals surface area contributed by atoms with Crippen LogP contribution < -0.4 is 0 Å². The van der Waals surface area contributed by atoms with Gasteiger partial charge in [0.05, 0.1) is 10.6 Å². The molecule has 0 heterocycles. The van der Waals surface area contributed by atoms with Crippen LogP contribution in [-0.4, -0.2) is 10.7 Å². The van der Waals surface area contributed by atoms with E-state index in [4.69, 9.17) is 11.6 Å². The Morgan fingerprint density at radius 3 is 2.35 bits per heavy atom. The van der Waals surface area contributed by atoms with Crippen LogP contribution in [0.4, 0.5) is 4.39 Å². The van der Waals surface area contributed by atoms with Crippen LogP contribution in [0, 0.1) is 11.2 Å². The molecule has 2 aliphatic carbocycles. The third kappa shape index (κ3) is 2.73. The second kappa shape index (κ2) is 5.31. The molecule has 2 fully saturated rings. The molecule has 0 aliphatic heterocycles. The molecule has 1 spiro atoms. The lowest BCUT2D eigenvalue weighted by Crippen LogP contribution is -2.40. The van der Waals surface area contributed by atoms with Gasteiger partial charge in [0, 0.05) is 6.42 Å². The maximum atomic E-state index is 14.0. The highest BCUT2D eigenvalue weighted by molar-refractivity contribution is 6.30. The monoisotopic (exact) mass is 296 g/mol. The summed E-state index contributed by atoms with van der Waals surface area (Å²) in [6.45, 7) is 0. The van der Waals surface area contributed by atoms with Crippen molar-refractivity contribution < 1.29 is 9.50 Å². The van der Waals surface area contributed by atoms with E-state index in [2.05, 4.69) is 0 Å². The molecule has 1 aromatic rings. The van der Waals surface area contributed by atoms with E-state index < -0.39 is 5.60 Å². The number of hydrogen-bond acceptors (Lipinski definition) is 1. The molecule has 2 saturated carbocycles. The molecule has 1 aromatic carbocycles. The summed E-state index contributed by atoms with van der Waals surface area (Å²) in [5.41, 5.74) is 0.278. The van der Waals surface area contributed by atoms with Crippen molar-refractivity contribution in [1.29, 1.82) is 0 Å². The molecular formula is C17H22ClFO. The van der Waals surface area contributed by atoms with Crippen molar-refractivity contribution in [3.05, 3.63) is 34.6 Å². The molecule has 1 N–H and O–H groups in total. The average Bonchev–Trinajstić information content (AvgIpc) is 2.88. The number of aliphatic hydroxyl groups is 1. The van der Waals surface area contributed by atoms with Gasteiger partial charge in [-0.1, -0.05) is 36.6 Å². The number of benzene rings is 1. The van der Waals surface area contributed by atoms with E-state index in [1.807, 2.05) is 0 Å². The zero-order chi connectivity index (χ0) is 14.2. The van der Waals surface area contributed by atoms with Crippen LogP contribution in [0.15, 0.2) is 18.2 Å². The summed E-state index contributed by atoms with van der Waals surface area (Å²) in [5.74, 6) is -0.372. The van der Waals surface area contributed by atoms with E-state index in [0.29, 0.717) is 17.4 Å². The van der Waals surface area contributed by atoms with Crippen molar-refractivity contribution in [1.82, 2.24) is 0 Å². The minimum atomic E-state index is -0.751. The van der Waals surface area contributed by atoms with Crippen molar-refractivity contribution in [3.8, 4) is 0 Å². The highest BCUT2D eigenvalue weighted by atomic mass is 35.5. The highest BCUT2D eigenvalue weighted by Crippen LogP contribution is 2.51. The molecule has 0 saturated heterocycles. The van der Waals surface area contributed by atoms with E-state index in [-0.39, 0.29) is 10.8 Å². The first-order chi connectivity index (χ1) is 9.52. The zero-order valence-corrected chi connectivity index (χ0v) is 12.6. The lowest BCUT2D eigenvalue weighted by atomic mass is 9.66. The summed E-state index contributed by atoms with van der Waals surface area (Å²) < 4.78 is 14.0. The molecular weight excluding hydrogens is 275 g/mol. The number of halogens is 2. The molecule has 0 bridgehead atoms. The van der Waals surface area contributed by atoms with Crippen LogP contribution in [0.1, 0.15) is 56.9 Å². The number of rotatable bonds is 2. The number of hydrogen-bond donors (Lipinski definition) is 1. The third-order valence-corrected chi connectivity index (χ3v) is 5.75. The Hall–Kier alpha value is -0.600. The van der Waals surface area contributed by atoms with Gasteiger partial charge in [0.25, 0.3) is 0 Å². The summed E-state index contributed by atoms with van der Waals surface area (Å²) in [7, 11) is 0. The van der Waals surface area contributed by atoms with Gasteiger partial charge in [-0.15, -0.1) is 0 Å². The van der Waals surface area contributed by atoms with Crippen molar-refractivity contribution in [2.24, 2.45) is 5.41 Å². The van der Waals surface area contributed by atoms with Crippen molar-refractivity contribution in [3.63, 3.8) is 0 Å². The fraction of sp³-hybridized carbons (Fsp3) is 0.647. The van der Waals surface area contributed by atoms with Crippen LogP contribution >= 0.6 is 11.6 Å². The fourth-order valence-corrected chi connectivity index (χ4v) is 4.28. The van der Waals surface area contributed by atoms with Gasteiger partial charge in [0.1, 0.15) is 5.82 Å². The quantitative estimate of drug-likeness (QED) is 0.824. The lowest BCUT2D eigenvalue weighted by Gasteiger charge is -2.42. The lowest BCUT2D eigenvalue weighted by molar-refractivity contribution is -0.0327.